The number of unbranched alkanes of at least 4 members (excludes halogenated alkanes) is 4. The number of hydrogen-bond acceptors (Lipinski definition) is 5. The number of hydrogen-bond donors (Lipinski definition) is 2. The third-order valence-corrected chi connectivity index (χ3v) is 5.64. The Bertz CT molecular complexity index is 917. The summed E-state index contributed by atoms with van der Waals surface area (Å²) in [5.41, 5.74) is 0.789. The second kappa shape index (κ2) is 10.4. The lowest BCUT2D eigenvalue weighted by Crippen LogP contribution is -2.32. The average Bonchev–Trinajstić information content (AvgIpc) is 3.00. The zero-order chi connectivity index (χ0) is 21.5. The van der Waals surface area contributed by atoms with Gasteiger partial charge in [0, 0.05) is 6.42 Å². The van der Waals surface area contributed by atoms with Crippen LogP contribution in [0.25, 0.3) is 10.8 Å². The summed E-state index contributed by atoms with van der Waals surface area (Å²) in [4.78, 5) is 24.8. The molecule has 1 saturated carbocycles. The number of ketones is 1. The number of carbonyl (C=O) groups is 2. The number of Topliss-reactive ketones (excluding diaryl/α,β-unsaturated/α-hetero) is 1. The van der Waals surface area contributed by atoms with Crippen molar-refractivity contribution in [3.8, 4) is 0 Å². The van der Waals surface area contributed by atoms with Crippen molar-refractivity contribution in [2.24, 2.45) is 5.92 Å². The highest BCUT2D eigenvalue weighted by Crippen LogP contribution is 2.32. The summed E-state index contributed by atoms with van der Waals surface area (Å²) >= 11 is 0. The average molecular weight is 411 g/mol. The molecule has 160 valence electrons. The van der Waals surface area contributed by atoms with Crippen molar-refractivity contribution in [3.05, 3.63) is 59.9 Å². The van der Waals surface area contributed by atoms with Gasteiger partial charge in [-0.3, -0.25) is 9.59 Å². The van der Waals surface area contributed by atoms with E-state index in [9.17, 15) is 19.8 Å². The summed E-state index contributed by atoms with van der Waals surface area (Å²) in [6.45, 7) is 2.13. The van der Waals surface area contributed by atoms with Crippen LogP contribution in [0, 0.1) is 5.92 Å². The molecule has 0 bridgehead atoms. The molecule has 0 spiro atoms. The van der Waals surface area contributed by atoms with Crippen LogP contribution in [-0.2, 0) is 20.7 Å². The monoisotopic (exact) mass is 410 g/mol. The minimum Gasteiger partial charge on any atom is -0.512 e. The minimum atomic E-state index is -1.14. The molecule has 3 unspecified atom stereocenters. The lowest BCUT2D eigenvalue weighted by Gasteiger charge is -2.21. The van der Waals surface area contributed by atoms with Crippen LogP contribution in [0.2, 0.25) is 0 Å². The Morgan fingerprint density at radius 3 is 2.67 bits per heavy atom. The number of fused-ring (bicyclic) bond motifs is 1. The molecule has 0 saturated heterocycles. The van der Waals surface area contributed by atoms with Crippen LogP contribution in [0.1, 0.15) is 51.0 Å². The van der Waals surface area contributed by atoms with Gasteiger partial charge in [-0.05, 0) is 35.3 Å². The van der Waals surface area contributed by atoms with Crippen LogP contribution in [0.15, 0.2) is 54.3 Å². The third kappa shape index (κ3) is 5.48. The Hall–Kier alpha value is -2.66. The largest absolute Gasteiger partial charge is 0.512 e. The lowest BCUT2D eigenvalue weighted by atomic mass is 9.99. The molecule has 5 nitrogen and oxygen atoms in total. The first-order chi connectivity index (χ1) is 14.5. The van der Waals surface area contributed by atoms with Crippen LogP contribution in [-0.4, -0.2) is 34.2 Å². The smallest absolute Gasteiger partial charge is 0.310 e. The van der Waals surface area contributed by atoms with E-state index in [1.165, 1.54) is 0 Å². The maximum Gasteiger partial charge on any atom is 0.310 e. The van der Waals surface area contributed by atoms with E-state index in [1.807, 2.05) is 42.5 Å². The third-order valence-electron chi connectivity index (χ3n) is 5.64. The molecule has 1 fully saturated rings. The molecule has 1 aliphatic rings. The van der Waals surface area contributed by atoms with Gasteiger partial charge in [-0.1, -0.05) is 68.7 Å². The zero-order valence-electron chi connectivity index (χ0n) is 17.4. The van der Waals surface area contributed by atoms with E-state index in [0.717, 1.165) is 42.0 Å². The molecule has 3 atom stereocenters. The van der Waals surface area contributed by atoms with E-state index in [4.69, 9.17) is 4.74 Å². The molecule has 2 aromatic carbocycles. The Morgan fingerprint density at radius 2 is 1.90 bits per heavy atom. The second-order valence-corrected chi connectivity index (χ2v) is 8.01. The summed E-state index contributed by atoms with van der Waals surface area (Å²) in [6.07, 6.45) is 4.30. The van der Waals surface area contributed by atoms with Crippen LogP contribution in [0.5, 0.6) is 0 Å². The van der Waals surface area contributed by atoms with E-state index >= 15 is 0 Å². The normalized spacial score (nSPS) is 21.9. The first kappa shape index (κ1) is 22.0. The number of ether oxygens (including phenoxy) is 1. The summed E-state index contributed by atoms with van der Waals surface area (Å²) in [5, 5.41) is 22.8. The van der Waals surface area contributed by atoms with Crippen molar-refractivity contribution in [1.29, 1.82) is 0 Å². The molecule has 2 aromatic rings. The number of carbonyl (C=O) groups excluding carboxylic acids is 2. The molecule has 2 N–H and O–H groups in total. The van der Waals surface area contributed by atoms with Crippen molar-refractivity contribution in [2.75, 3.05) is 0 Å². The van der Waals surface area contributed by atoms with E-state index in [0.29, 0.717) is 6.42 Å². The molecule has 5 heteroatoms. The van der Waals surface area contributed by atoms with Crippen molar-refractivity contribution >= 4 is 22.5 Å². The quantitative estimate of drug-likeness (QED) is 0.357. The van der Waals surface area contributed by atoms with E-state index < -0.39 is 24.1 Å². The van der Waals surface area contributed by atoms with Crippen LogP contribution >= 0.6 is 0 Å². The van der Waals surface area contributed by atoms with Gasteiger partial charge in [0.25, 0.3) is 0 Å². The van der Waals surface area contributed by atoms with E-state index in [1.54, 1.807) is 6.08 Å². The molecule has 3 rings (SSSR count). The fourth-order valence-corrected chi connectivity index (χ4v) is 4.00. The summed E-state index contributed by atoms with van der Waals surface area (Å²) in [7, 11) is 0. The predicted molar refractivity (Wildman–Crippen MR) is 116 cm³/mol. The predicted octanol–water partition coefficient (Wildman–Crippen LogP) is 4.66. The van der Waals surface area contributed by atoms with Gasteiger partial charge in [-0.2, -0.15) is 0 Å². The van der Waals surface area contributed by atoms with Crippen molar-refractivity contribution < 1.29 is 24.5 Å². The second-order valence-electron chi connectivity index (χ2n) is 8.01. The first-order valence-corrected chi connectivity index (χ1v) is 10.8. The molecular weight excluding hydrogens is 380 g/mol. The molecule has 30 heavy (non-hydrogen) atoms. The van der Waals surface area contributed by atoms with Gasteiger partial charge in [0.1, 0.15) is 0 Å². The number of rotatable bonds is 9. The summed E-state index contributed by atoms with van der Waals surface area (Å²) < 4.78 is 5.44. The van der Waals surface area contributed by atoms with Crippen molar-refractivity contribution in [3.63, 3.8) is 0 Å². The summed E-state index contributed by atoms with van der Waals surface area (Å²) in [6, 6.07) is 13.6. The van der Waals surface area contributed by atoms with Gasteiger partial charge in [0.15, 0.2) is 11.9 Å². The number of esters is 1. The Morgan fingerprint density at radius 1 is 1.13 bits per heavy atom. The van der Waals surface area contributed by atoms with Gasteiger partial charge in [-0.15, -0.1) is 0 Å². The fourth-order valence-electron chi connectivity index (χ4n) is 4.00. The van der Waals surface area contributed by atoms with Gasteiger partial charge >= 0.3 is 5.97 Å². The SMILES string of the molecule is CCCCCC/C=C(/O)C1C(O)CC(=O)C1OC(=O)Cc1ccc2ccccc2c1. The van der Waals surface area contributed by atoms with Gasteiger partial charge in [0.05, 0.1) is 24.2 Å². The lowest BCUT2D eigenvalue weighted by molar-refractivity contribution is -0.155. The molecular formula is C25H30O5. The summed E-state index contributed by atoms with van der Waals surface area (Å²) in [5.74, 6) is -1.85. The van der Waals surface area contributed by atoms with Gasteiger partial charge in [-0.25, -0.2) is 0 Å². The standard InChI is InChI=1S/C25H30O5/c1-2-3-4-5-6-11-20(26)24-21(27)16-22(28)25(24)30-23(29)15-17-12-13-18-9-7-8-10-19(18)14-17/h7-14,21,24-27H,2-6,15-16H2,1H3/b20-11+. The molecule has 0 amide bonds. The maximum absolute atomic E-state index is 12.5. The van der Waals surface area contributed by atoms with Gasteiger partial charge < -0.3 is 14.9 Å². The minimum absolute atomic E-state index is 0.0267. The highest BCUT2D eigenvalue weighted by Gasteiger charge is 2.46. The van der Waals surface area contributed by atoms with Crippen molar-refractivity contribution in [1.82, 2.24) is 0 Å². The van der Waals surface area contributed by atoms with Gasteiger partial charge in [0.2, 0.25) is 0 Å². The molecule has 0 heterocycles. The number of benzene rings is 2. The number of allylic oxidation sites excluding steroid dienone is 1. The zero-order valence-corrected chi connectivity index (χ0v) is 17.4. The number of aliphatic hydroxyl groups excluding tert-OH is 2. The Balaban J connectivity index is 1.63. The van der Waals surface area contributed by atoms with Crippen LogP contribution in [0.3, 0.4) is 0 Å². The van der Waals surface area contributed by atoms with Crippen LogP contribution < -0.4 is 0 Å². The Labute approximate surface area is 177 Å². The molecule has 0 aliphatic heterocycles. The van der Waals surface area contributed by atoms with Crippen LogP contribution in [0.4, 0.5) is 0 Å². The Kier molecular flexibility index (Phi) is 7.63. The molecule has 0 radical (unpaired) electrons. The number of aliphatic hydroxyl groups is 2. The van der Waals surface area contributed by atoms with E-state index in [-0.39, 0.29) is 24.4 Å². The van der Waals surface area contributed by atoms with E-state index in [2.05, 4.69) is 6.92 Å². The molecule has 0 aromatic heterocycles. The molecule has 1 aliphatic carbocycles. The topological polar surface area (TPSA) is 83.8 Å². The highest BCUT2D eigenvalue weighted by molar-refractivity contribution is 5.90. The highest BCUT2D eigenvalue weighted by atomic mass is 16.5. The first-order valence-electron chi connectivity index (χ1n) is 10.8. The van der Waals surface area contributed by atoms with Crippen molar-refractivity contribution in [2.45, 2.75) is 64.1 Å². The fraction of sp³-hybridized carbons (Fsp3) is 0.440. The maximum atomic E-state index is 12.5.